The van der Waals surface area contributed by atoms with E-state index in [0.717, 1.165) is 6.07 Å². The van der Waals surface area contributed by atoms with Crippen LogP contribution in [-0.4, -0.2) is 51.8 Å². The largest absolute Gasteiger partial charge is 0.476 e. The first kappa shape index (κ1) is 29.6. The molecule has 3 aromatic heterocycles. The van der Waals surface area contributed by atoms with Gasteiger partial charge in [-0.2, -0.15) is 5.26 Å². The zero-order chi connectivity index (χ0) is 31.4. The van der Waals surface area contributed by atoms with Crippen LogP contribution in [0.1, 0.15) is 46.4 Å². The zero-order valence-electron chi connectivity index (χ0n) is 23.8. The summed E-state index contributed by atoms with van der Waals surface area (Å²) >= 11 is 7.77. The number of aromatic carboxylic acids is 1. The number of carboxylic acids is 1. The van der Waals surface area contributed by atoms with Crippen molar-refractivity contribution >= 4 is 55.7 Å². The van der Waals surface area contributed by atoms with Crippen molar-refractivity contribution in [3.63, 3.8) is 0 Å². The van der Waals surface area contributed by atoms with Crippen LogP contribution in [0.2, 0.25) is 5.02 Å². The normalized spacial score (nSPS) is 13.6. The van der Waals surface area contributed by atoms with Gasteiger partial charge in [0, 0.05) is 48.9 Å². The van der Waals surface area contributed by atoms with Crippen LogP contribution in [0.5, 0.6) is 0 Å². The summed E-state index contributed by atoms with van der Waals surface area (Å²) in [5.74, 6) is -3.01. The van der Waals surface area contributed by atoms with Crippen LogP contribution in [-0.2, 0) is 0 Å². The summed E-state index contributed by atoms with van der Waals surface area (Å²) < 4.78 is 32.5. The number of carbonyl (C=O) groups is 1. The summed E-state index contributed by atoms with van der Waals surface area (Å²) in [7, 11) is 0. The Kier molecular flexibility index (Phi) is 7.57. The number of nitrogens with one attached hydrogen (secondary N) is 1. The highest BCUT2D eigenvalue weighted by atomic mass is 35.5. The zero-order valence-corrected chi connectivity index (χ0v) is 25.4. The van der Waals surface area contributed by atoms with Gasteiger partial charge in [0.15, 0.2) is 0 Å². The molecule has 9 nitrogen and oxygen atoms in total. The number of pyridine rings is 2. The minimum Gasteiger partial charge on any atom is -0.476 e. The van der Waals surface area contributed by atoms with E-state index in [2.05, 4.69) is 21.4 Å². The molecule has 0 spiro atoms. The van der Waals surface area contributed by atoms with Crippen LogP contribution in [0.25, 0.3) is 37.9 Å². The molecule has 0 aliphatic carbocycles. The number of anilines is 1. The van der Waals surface area contributed by atoms with E-state index in [4.69, 9.17) is 11.6 Å². The maximum absolute atomic E-state index is 16.4. The van der Waals surface area contributed by atoms with Crippen LogP contribution in [0.15, 0.2) is 35.3 Å². The van der Waals surface area contributed by atoms with Crippen molar-refractivity contribution < 1.29 is 18.7 Å². The second-order valence-electron chi connectivity index (χ2n) is 10.8. The average Bonchev–Trinajstić information content (AvgIpc) is 3.46. The number of rotatable bonds is 5. The van der Waals surface area contributed by atoms with Gasteiger partial charge in [0.2, 0.25) is 5.01 Å². The third-order valence-electron chi connectivity index (χ3n) is 7.74. The molecule has 13 heteroatoms. The van der Waals surface area contributed by atoms with Gasteiger partial charge in [0.1, 0.15) is 23.3 Å². The lowest BCUT2D eigenvalue weighted by Gasteiger charge is -2.32. The minimum atomic E-state index is -1.35. The molecule has 0 radical (unpaired) electrons. The van der Waals surface area contributed by atoms with E-state index >= 15 is 4.39 Å². The summed E-state index contributed by atoms with van der Waals surface area (Å²) in [6, 6.07) is 7.42. The van der Waals surface area contributed by atoms with E-state index in [-0.39, 0.29) is 59.4 Å². The Morgan fingerprint density at radius 2 is 1.91 bits per heavy atom. The number of carboxylic acid groups (broad SMARTS) is 1. The fraction of sp³-hybridized carbons (Fsp3) is 0.258. The highest BCUT2D eigenvalue weighted by Gasteiger charge is 2.30. The van der Waals surface area contributed by atoms with Crippen molar-refractivity contribution in [2.75, 3.05) is 31.1 Å². The summed E-state index contributed by atoms with van der Waals surface area (Å²) in [5, 5.41) is 22.8. The van der Waals surface area contributed by atoms with Gasteiger partial charge in [0.25, 0.3) is 5.56 Å². The summed E-state index contributed by atoms with van der Waals surface area (Å²) in [4.78, 5) is 36.6. The Labute approximate surface area is 259 Å². The molecule has 1 saturated heterocycles. The van der Waals surface area contributed by atoms with E-state index in [1.54, 1.807) is 12.3 Å². The van der Waals surface area contributed by atoms with Gasteiger partial charge in [-0.05, 0) is 42.7 Å². The third-order valence-corrected chi connectivity index (χ3v) is 9.16. The molecule has 1 aliphatic heterocycles. The Morgan fingerprint density at radius 3 is 2.57 bits per heavy atom. The predicted octanol–water partition coefficient (Wildman–Crippen LogP) is 6.01. The first-order valence-electron chi connectivity index (χ1n) is 13.8. The number of piperazine rings is 1. The van der Waals surface area contributed by atoms with Crippen molar-refractivity contribution in [2.45, 2.75) is 26.7 Å². The smallest absolute Gasteiger partial charge is 0.365 e. The second-order valence-corrected chi connectivity index (χ2v) is 12.1. The van der Waals surface area contributed by atoms with E-state index in [1.807, 2.05) is 25.7 Å². The Balaban J connectivity index is 1.82. The molecule has 0 atom stereocenters. The standard InChI is InChI=1S/C31H25ClF2N6O3S/c1-14(2)23-25(15(3)6-7-37-23)40-27-17(26(18(13-35)30(40)41)39-10-8-36-9-11-39)12-20(34)21(22(27)32)16-4-5-19(33)28-24(16)38-29(44-28)31(42)43/h4-7,12,14,36H,8-11H2,1-3H3,(H,42,43). The summed E-state index contributed by atoms with van der Waals surface area (Å²) in [6.45, 7) is 7.76. The van der Waals surface area contributed by atoms with Crippen molar-refractivity contribution in [3.05, 3.63) is 79.3 Å². The number of fused-ring (bicyclic) bond motifs is 2. The number of aryl methyl sites for hydroxylation is 1. The molecule has 1 aliphatic rings. The number of hydrogen-bond acceptors (Lipinski definition) is 8. The lowest BCUT2D eigenvalue weighted by atomic mass is 9.97. The monoisotopic (exact) mass is 634 g/mol. The van der Waals surface area contributed by atoms with Gasteiger partial charge in [-0.15, -0.1) is 11.3 Å². The van der Waals surface area contributed by atoms with Crippen molar-refractivity contribution in [3.8, 4) is 22.9 Å². The maximum Gasteiger partial charge on any atom is 0.365 e. The Morgan fingerprint density at radius 1 is 1.18 bits per heavy atom. The van der Waals surface area contributed by atoms with Crippen molar-refractivity contribution in [1.82, 2.24) is 19.9 Å². The molecule has 4 heterocycles. The van der Waals surface area contributed by atoms with E-state index in [0.29, 0.717) is 54.5 Å². The van der Waals surface area contributed by atoms with Gasteiger partial charge < -0.3 is 15.3 Å². The molecule has 6 rings (SSSR count). The average molecular weight is 635 g/mol. The number of aromatic nitrogens is 3. The van der Waals surface area contributed by atoms with E-state index in [1.165, 1.54) is 16.7 Å². The Bertz CT molecular complexity index is 2110. The molecule has 0 amide bonds. The van der Waals surface area contributed by atoms with E-state index < -0.39 is 23.2 Å². The van der Waals surface area contributed by atoms with Crippen molar-refractivity contribution in [2.24, 2.45) is 0 Å². The number of nitrogens with zero attached hydrogens (tertiary/aromatic N) is 5. The lowest BCUT2D eigenvalue weighted by Crippen LogP contribution is -2.44. The molecule has 44 heavy (non-hydrogen) atoms. The summed E-state index contributed by atoms with van der Waals surface area (Å²) in [6.07, 6.45) is 1.63. The van der Waals surface area contributed by atoms with Gasteiger partial charge in [-0.1, -0.05) is 25.4 Å². The second kappa shape index (κ2) is 11.2. The molecule has 0 saturated carbocycles. The van der Waals surface area contributed by atoms with Gasteiger partial charge in [0.05, 0.1) is 37.8 Å². The first-order chi connectivity index (χ1) is 21.0. The third kappa shape index (κ3) is 4.59. The summed E-state index contributed by atoms with van der Waals surface area (Å²) in [5.41, 5.74) is 1.11. The van der Waals surface area contributed by atoms with E-state index in [9.17, 15) is 24.3 Å². The quantitative estimate of drug-likeness (QED) is 0.241. The van der Waals surface area contributed by atoms with Crippen molar-refractivity contribution in [1.29, 1.82) is 5.26 Å². The molecule has 2 N–H and O–H groups in total. The van der Waals surface area contributed by atoms with Gasteiger partial charge in [-0.25, -0.2) is 18.6 Å². The molecule has 2 aromatic carbocycles. The number of benzene rings is 2. The Hall–Kier alpha value is -4.44. The molecular formula is C31H25ClF2N6O3S. The molecule has 0 unspecified atom stereocenters. The first-order valence-corrected chi connectivity index (χ1v) is 15.0. The molecule has 5 aromatic rings. The number of hydrogen-bond donors (Lipinski definition) is 2. The lowest BCUT2D eigenvalue weighted by molar-refractivity contribution is 0.0696. The molecule has 224 valence electrons. The number of halogens is 3. The van der Waals surface area contributed by atoms with Gasteiger partial charge in [-0.3, -0.25) is 14.3 Å². The predicted molar refractivity (Wildman–Crippen MR) is 166 cm³/mol. The fourth-order valence-electron chi connectivity index (χ4n) is 5.79. The number of thiazole rings is 1. The highest BCUT2D eigenvalue weighted by molar-refractivity contribution is 7.20. The van der Waals surface area contributed by atoms with Crippen LogP contribution in [0.3, 0.4) is 0 Å². The minimum absolute atomic E-state index is 0.0635. The van der Waals surface area contributed by atoms with Gasteiger partial charge >= 0.3 is 5.97 Å². The van der Waals surface area contributed by atoms with Crippen LogP contribution in [0, 0.1) is 29.9 Å². The van der Waals surface area contributed by atoms with Crippen LogP contribution >= 0.6 is 22.9 Å². The van der Waals surface area contributed by atoms with Crippen LogP contribution in [0.4, 0.5) is 14.5 Å². The SMILES string of the molecule is Cc1ccnc(C(C)C)c1-n1c(=O)c(C#N)c(N2CCNCC2)c2cc(F)c(-c3ccc(F)c4sc(C(=O)O)nc34)c(Cl)c21. The molecular weight excluding hydrogens is 610 g/mol. The fourth-order valence-corrected chi connectivity index (χ4v) is 7.00. The van der Waals surface area contributed by atoms with Crippen LogP contribution < -0.4 is 15.8 Å². The highest BCUT2D eigenvalue weighted by Crippen LogP contribution is 2.44. The molecule has 0 bridgehead atoms. The number of nitriles is 1. The maximum atomic E-state index is 16.4. The molecule has 1 fully saturated rings. The topological polar surface area (TPSA) is 124 Å².